The van der Waals surface area contributed by atoms with Crippen LogP contribution in [0.3, 0.4) is 0 Å². The molecule has 0 unspecified atom stereocenters. The molecule has 1 N–H and O–H groups in total. The van der Waals surface area contributed by atoms with Crippen LogP contribution < -0.4 is 4.74 Å². The Morgan fingerprint density at radius 3 is 2.11 bits per heavy atom. The highest BCUT2D eigenvalue weighted by Crippen LogP contribution is 2.37. The standard InChI is InChI=1S/C8H4F7NO2/c9-3-1-5(18-8(13,14)15)6(7(10,11)12)16-4(3)2-17/h1,17H,2H2. The largest absolute Gasteiger partial charge is 0.573 e. The lowest BCUT2D eigenvalue weighted by Gasteiger charge is -2.15. The van der Waals surface area contributed by atoms with E-state index in [1.807, 2.05) is 0 Å². The van der Waals surface area contributed by atoms with Crippen LogP contribution in [0.4, 0.5) is 30.7 Å². The molecular weight excluding hydrogens is 275 g/mol. The van der Waals surface area contributed by atoms with Crippen molar-refractivity contribution in [3.05, 3.63) is 23.3 Å². The molecule has 0 bridgehead atoms. The van der Waals surface area contributed by atoms with Crippen LogP contribution in [0.2, 0.25) is 0 Å². The van der Waals surface area contributed by atoms with Crippen LogP contribution in [-0.4, -0.2) is 16.5 Å². The van der Waals surface area contributed by atoms with E-state index in [4.69, 9.17) is 5.11 Å². The van der Waals surface area contributed by atoms with Gasteiger partial charge in [0.15, 0.2) is 17.3 Å². The first-order valence-electron chi connectivity index (χ1n) is 4.18. The predicted molar refractivity (Wildman–Crippen MR) is 41.8 cm³/mol. The van der Waals surface area contributed by atoms with Crippen LogP contribution in [0.1, 0.15) is 11.4 Å². The Bertz CT molecular complexity index is 440. The highest BCUT2D eigenvalue weighted by molar-refractivity contribution is 5.32. The summed E-state index contributed by atoms with van der Waals surface area (Å²) in [6.45, 7) is -1.19. The molecule has 102 valence electrons. The fourth-order valence-electron chi connectivity index (χ4n) is 1.03. The number of aliphatic hydroxyl groups excluding tert-OH is 1. The van der Waals surface area contributed by atoms with E-state index in [0.29, 0.717) is 0 Å². The molecule has 0 saturated carbocycles. The number of rotatable bonds is 2. The van der Waals surface area contributed by atoms with Crippen LogP contribution in [0.25, 0.3) is 0 Å². The van der Waals surface area contributed by atoms with Crippen molar-refractivity contribution in [2.45, 2.75) is 19.1 Å². The molecule has 0 atom stereocenters. The number of pyridine rings is 1. The molecule has 0 saturated heterocycles. The molecule has 3 nitrogen and oxygen atoms in total. The number of nitrogens with zero attached hydrogens (tertiary/aromatic N) is 1. The lowest BCUT2D eigenvalue weighted by Crippen LogP contribution is -2.22. The quantitative estimate of drug-likeness (QED) is 0.846. The second-order valence-electron chi connectivity index (χ2n) is 2.97. The summed E-state index contributed by atoms with van der Waals surface area (Å²) in [7, 11) is 0. The maximum absolute atomic E-state index is 13.0. The summed E-state index contributed by atoms with van der Waals surface area (Å²) in [6.07, 6.45) is -10.7. The molecule has 0 radical (unpaired) electrons. The molecule has 18 heavy (non-hydrogen) atoms. The topological polar surface area (TPSA) is 42.4 Å². The summed E-state index contributed by atoms with van der Waals surface area (Å²) < 4.78 is 88.6. The number of hydrogen-bond acceptors (Lipinski definition) is 3. The number of aromatic nitrogens is 1. The van der Waals surface area contributed by atoms with Crippen LogP contribution in [-0.2, 0) is 12.8 Å². The Labute approximate surface area is 94.8 Å². The summed E-state index contributed by atoms with van der Waals surface area (Å²) in [6, 6.07) is -0.130. The van der Waals surface area contributed by atoms with Crippen molar-refractivity contribution in [1.29, 1.82) is 0 Å². The number of alkyl halides is 6. The van der Waals surface area contributed by atoms with Gasteiger partial charge in [0.05, 0.1) is 6.61 Å². The van der Waals surface area contributed by atoms with E-state index in [2.05, 4.69) is 9.72 Å². The van der Waals surface area contributed by atoms with E-state index in [9.17, 15) is 30.7 Å². The molecule has 0 spiro atoms. The zero-order valence-corrected chi connectivity index (χ0v) is 8.23. The van der Waals surface area contributed by atoms with Crippen molar-refractivity contribution in [2.24, 2.45) is 0 Å². The Morgan fingerprint density at radius 2 is 1.72 bits per heavy atom. The maximum Gasteiger partial charge on any atom is 0.573 e. The van der Waals surface area contributed by atoms with Crippen molar-refractivity contribution in [3.63, 3.8) is 0 Å². The molecule has 0 aliphatic heterocycles. The summed E-state index contributed by atoms with van der Waals surface area (Å²) in [5, 5.41) is 8.50. The van der Waals surface area contributed by atoms with Crippen LogP contribution >= 0.6 is 0 Å². The molecule has 0 fully saturated rings. The summed E-state index contributed by atoms with van der Waals surface area (Å²) >= 11 is 0. The number of ether oxygens (including phenoxy) is 1. The van der Waals surface area contributed by atoms with E-state index in [-0.39, 0.29) is 6.07 Å². The minimum atomic E-state index is -5.42. The first-order chi connectivity index (χ1) is 8.04. The average Bonchev–Trinajstić information content (AvgIpc) is 2.13. The van der Waals surface area contributed by atoms with Gasteiger partial charge in [0.25, 0.3) is 0 Å². The van der Waals surface area contributed by atoms with Gasteiger partial charge >= 0.3 is 12.5 Å². The third-order valence-corrected chi connectivity index (χ3v) is 1.66. The van der Waals surface area contributed by atoms with Crippen molar-refractivity contribution in [1.82, 2.24) is 4.98 Å². The van der Waals surface area contributed by atoms with E-state index in [1.165, 1.54) is 0 Å². The fraction of sp³-hybridized carbons (Fsp3) is 0.375. The Hall–Kier alpha value is -1.58. The van der Waals surface area contributed by atoms with Crippen LogP contribution in [0, 0.1) is 5.82 Å². The SMILES string of the molecule is OCc1nc(C(F)(F)F)c(OC(F)(F)F)cc1F. The zero-order chi connectivity index (χ0) is 14.1. The smallest absolute Gasteiger partial charge is 0.403 e. The lowest BCUT2D eigenvalue weighted by molar-refractivity contribution is -0.276. The Kier molecular flexibility index (Phi) is 3.70. The van der Waals surface area contributed by atoms with Crippen molar-refractivity contribution in [2.75, 3.05) is 0 Å². The molecule has 0 aliphatic rings. The van der Waals surface area contributed by atoms with Gasteiger partial charge in [0.1, 0.15) is 5.69 Å². The third kappa shape index (κ3) is 3.45. The van der Waals surface area contributed by atoms with Gasteiger partial charge in [-0.3, -0.25) is 0 Å². The fourth-order valence-corrected chi connectivity index (χ4v) is 1.03. The van der Waals surface area contributed by atoms with Gasteiger partial charge in [0.2, 0.25) is 0 Å². The van der Waals surface area contributed by atoms with Gasteiger partial charge in [-0.25, -0.2) is 9.37 Å². The molecule has 10 heteroatoms. The van der Waals surface area contributed by atoms with Gasteiger partial charge in [-0.1, -0.05) is 0 Å². The predicted octanol–water partition coefficient (Wildman–Crippen LogP) is 2.63. The average molecular weight is 279 g/mol. The van der Waals surface area contributed by atoms with Gasteiger partial charge in [0, 0.05) is 6.07 Å². The summed E-state index contributed by atoms with van der Waals surface area (Å²) in [5.74, 6) is -3.35. The van der Waals surface area contributed by atoms with Crippen LogP contribution in [0.15, 0.2) is 6.07 Å². The van der Waals surface area contributed by atoms with Gasteiger partial charge in [-0.2, -0.15) is 13.2 Å². The minimum absolute atomic E-state index is 0.130. The highest BCUT2D eigenvalue weighted by Gasteiger charge is 2.41. The monoisotopic (exact) mass is 279 g/mol. The summed E-state index contributed by atoms with van der Waals surface area (Å²) in [4.78, 5) is 2.57. The second kappa shape index (κ2) is 4.59. The summed E-state index contributed by atoms with van der Waals surface area (Å²) in [5.41, 5.74) is -3.10. The van der Waals surface area contributed by atoms with E-state index < -0.39 is 42.1 Å². The molecular formula is C8H4F7NO2. The van der Waals surface area contributed by atoms with E-state index in [1.54, 1.807) is 0 Å². The first-order valence-corrected chi connectivity index (χ1v) is 4.18. The molecule has 0 aromatic carbocycles. The second-order valence-corrected chi connectivity index (χ2v) is 2.97. The van der Waals surface area contributed by atoms with Gasteiger partial charge in [-0.05, 0) is 0 Å². The van der Waals surface area contributed by atoms with Gasteiger partial charge in [-0.15, -0.1) is 13.2 Å². The third-order valence-electron chi connectivity index (χ3n) is 1.66. The zero-order valence-electron chi connectivity index (χ0n) is 8.23. The molecule has 0 aliphatic carbocycles. The Balaban J connectivity index is 3.35. The molecule has 0 amide bonds. The maximum atomic E-state index is 13.0. The molecule has 1 heterocycles. The van der Waals surface area contributed by atoms with Crippen molar-refractivity contribution >= 4 is 0 Å². The molecule has 1 aromatic rings. The molecule has 1 rings (SSSR count). The molecule has 1 aromatic heterocycles. The normalized spacial score (nSPS) is 12.7. The number of halogens is 7. The highest BCUT2D eigenvalue weighted by atomic mass is 19.4. The van der Waals surface area contributed by atoms with Crippen LogP contribution in [0.5, 0.6) is 5.75 Å². The number of hydrogen-bond donors (Lipinski definition) is 1. The van der Waals surface area contributed by atoms with E-state index in [0.717, 1.165) is 0 Å². The van der Waals surface area contributed by atoms with Gasteiger partial charge < -0.3 is 9.84 Å². The van der Waals surface area contributed by atoms with Crippen molar-refractivity contribution < 1.29 is 40.6 Å². The van der Waals surface area contributed by atoms with E-state index >= 15 is 0 Å². The van der Waals surface area contributed by atoms with Crippen molar-refractivity contribution in [3.8, 4) is 5.75 Å². The number of aliphatic hydroxyl groups is 1. The Morgan fingerprint density at radius 1 is 1.17 bits per heavy atom. The lowest BCUT2D eigenvalue weighted by atomic mass is 10.2. The minimum Gasteiger partial charge on any atom is -0.403 e. The first kappa shape index (κ1) is 14.5.